The number of morpholine rings is 1. The van der Waals surface area contributed by atoms with E-state index in [1.165, 1.54) is 0 Å². The number of aromatic nitrogens is 3. The number of carbonyl (C=O) groups excluding carboxylic acids is 2. The molecular weight excluding hydrogens is 412 g/mol. The van der Waals surface area contributed by atoms with Crippen molar-refractivity contribution in [1.29, 1.82) is 0 Å². The molecule has 0 atom stereocenters. The van der Waals surface area contributed by atoms with Crippen molar-refractivity contribution in [3.05, 3.63) is 18.0 Å². The molecule has 0 bridgehead atoms. The SMILES string of the molecule is CC(C)(C)OC(=O)Cc1nnc(NNC(=O)C(C)(C)C)c2ncc(N3CCOCC3)cc12. The van der Waals surface area contributed by atoms with Gasteiger partial charge in [-0.05, 0) is 26.8 Å². The molecule has 0 radical (unpaired) electrons. The van der Waals surface area contributed by atoms with Crippen LogP contribution in [0.25, 0.3) is 10.9 Å². The van der Waals surface area contributed by atoms with E-state index in [1.807, 2.05) is 47.6 Å². The molecule has 1 fully saturated rings. The first-order valence-corrected chi connectivity index (χ1v) is 10.7. The normalized spacial score (nSPS) is 14.9. The van der Waals surface area contributed by atoms with Gasteiger partial charge in [0.25, 0.3) is 0 Å². The molecule has 3 rings (SSSR count). The van der Waals surface area contributed by atoms with Gasteiger partial charge in [0.1, 0.15) is 11.1 Å². The summed E-state index contributed by atoms with van der Waals surface area (Å²) in [4.78, 5) is 31.5. The number of rotatable bonds is 5. The van der Waals surface area contributed by atoms with Gasteiger partial charge in [0.2, 0.25) is 5.91 Å². The van der Waals surface area contributed by atoms with Gasteiger partial charge in [-0.15, -0.1) is 5.10 Å². The number of anilines is 2. The zero-order valence-electron chi connectivity index (χ0n) is 19.6. The molecule has 1 saturated heterocycles. The molecule has 0 spiro atoms. The Labute approximate surface area is 188 Å². The van der Waals surface area contributed by atoms with E-state index in [2.05, 4.69) is 30.9 Å². The Kier molecular flexibility index (Phi) is 6.82. The largest absolute Gasteiger partial charge is 0.460 e. The number of carbonyl (C=O) groups is 2. The van der Waals surface area contributed by atoms with Crippen LogP contribution in [0.2, 0.25) is 0 Å². The molecule has 0 aromatic carbocycles. The second-order valence-corrected chi connectivity index (χ2v) is 9.78. The Bertz CT molecular complexity index is 990. The fourth-order valence-electron chi connectivity index (χ4n) is 3.10. The van der Waals surface area contributed by atoms with Gasteiger partial charge in [-0.2, -0.15) is 5.10 Å². The lowest BCUT2D eigenvalue weighted by atomic mass is 9.96. The summed E-state index contributed by atoms with van der Waals surface area (Å²) in [6.07, 6.45) is 1.72. The molecule has 0 saturated carbocycles. The van der Waals surface area contributed by atoms with E-state index < -0.39 is 17.0 Å². The summed E-state index contributed by atoms with van der Waals surface area (Å²) in [7, 11) is 0. The van der Waals surface area contributed by atoms with E-state index in [0.29, 0.717) is 35.6 Å². The molecule has 32 heavy (non-hydrogen) atoms. The topological polar surface area (TPSA) is 119 Å². The molecule has 3 heterocycles. The summed E-state index contributed by atoms with van der Waals surface area (Å²) in [6, 6.07) is 1.94. The van der Waals surface area contributed by atoms with Gasteiger partial charge in [0.15, 0.2) is 5.82 Å². The van der Waals surface area contributed by atoms with Crippen LogP contribution in [0.4, 0.5) is 11.5 Å². The monoisotopic (exact) mass is 444 g/mol. The first kappa shape index (κ1) is 23.6. The Morgan fingerprint density at radius 3 is 2.44 bits per heavy atom. The number of hydrogen-bond acceptors (Lipinski definition) is 9. The zero-order chi connectivity index (χ0) is 23.5. The van der Waals surface area contributed by atoms with Gasteiger partial charge in [0.05, 0.1) is 37.2 Å². The van der Waals surface area contributed by atoms with Crippen LogP contribution in [-0.4, -0.2) is 59.0 Å². The van der Waals surface area contributed by atoms with Crippen molar-refractivity contribution in [2.24, 2.45) is 5.41 Å². The Morgan fingerprint density at radius 2 is 1.81 bits per heavy atom. The number of hydrazine groups is 1. The fourth-order valence-corrected chi connectivity index (χ4v) is 3.10. The number of nitrogens with one attached hydrogen (secondary N) is 2. The molecule has 10 heteroatoms. The lowest BCUT2D eigenvalue weighted by Gasteiger charge is -2.28. The number of ether oxygens (including phenoxy) is 2. The summed E-state index contributed by atoms with van der Waals surface area (Å²) in [5.41, 5.74) is 6.17. The highest BCUT2D eigenvalue weighted by Crippen LogP contribution is 2.27. The maximum Gasteiger partial charge on any atom is 0.312 e. The number of esters is 1. The van der Waals surface area contributed by atoms with Gasteiger partial charge in [-0.25, -0.2) is 4.98 Å². The van der Waals surface area contributed by atoms with E-state index >= 15 is 0 Å². The maximum absolute atomic E-state index is 12.5. The molecule has 1 aliphatic heterocycles. The van der Waals surface area contributed by atoms with Crippen molar-refractivity contribution in [3.63, 3.8) is 0 Å². The molecule has 2 aromatic heterocycles. The lowest BCUT2D eigenvalue weighted by molar-refractivity contribution is -0.154. The molecule has 2 aromatic rings. The highest BCUT2D eigenvalue weighted by atomic mass is 16.6. The fraction of sp³-hybridized carbons (Fsp3) is 0.591. The van der Waals surface area contributed by atoms with E-state index in [9.17, 15) is 9.59 Å². The van der Waals surface area contributed by atoms with Crippen LogP contribution in [0.5, 0.6) is 0 Å². The van der Waals surface area contributed by atoms with Crippen LogP contribution in [0.15, 0.2) is 12.3 Å². The van der Waals surface area contributed by atoms with Crippen LogP contribution in [0.1, 0.15) is 47.2 Å². The predicted octanol–water partition coefficient (Wildman–Crippen LogP) is 2.23. The summed E-state index contributed by atoms with van der Waals surface area (Å²) in [6.45, 7) is 13.7. The molecular formula is C22H32N6O4. The van der Waals surface area contributed by atoms with Gasteiger partial charge in [-0.3, -0.25) is 20.4 Å². The number of fused-ring (bicyclic) bond motifs is 1. The van der Waals surface area contributed by atoms with Crippen LogP contribution >= 0.6 is 0 Å². The highest BCUT2D eigenvalue weighted by Gasteiger charge is 2.23. The minimum absolute atomic E-state index is 0.0381. The summed E-state index contributed by atoms with van der Waals surface area (Å²) in [5.74, 6) is -0.291. The highest BCUT2D eigenvalue weighted by molar-refractivity contribution is 5.94. The van der Waals surface area contributed by atoms with Gasteiger partial charge >= 0.3 is 5.97 Å². The van der Waals surface area contributed by atoms with Crippen molar-refractivity contribution in [2.45, 2.75) is 53.6 Å². The molecule has 1 aliphatic rings. The zero-order valence-corrected chi connectivity index (χ0v) is 19.6. The molecule has 1 amide bonds. The van der Waals surface area contributed by atoms with E-state index in [1.54, 1.807) is 6.20 Å². The summed E-state index contributed by atoms with van der Waals surface area (Å²) < 4.78 is 10.9. The Hall–Kier alpha value is -3.01. The first-order valence-electron chi connectivity index (χ1n) is 10.7. The standard InChI is InChI=1S/C22H32N6O4/c1-21(2,3)20(30)27-26-19-18-15(11-14(13-23-18)28-7-9-31-10-8-28)16(24-25-19)12-17(29)32-22(4,5)6/h11,13H,7-10,12H2,1-6H3,(H,25,26)(H,27,30). The third-order valence-corrected chi connectivity index (χ3v) is 4.76. The molecule has 2 N–H and O–H groups in total. The maximum atomic E-state index is 12.5. The van der Waals surface area contributed by atoms with Gasteiger partial charge in [-0.1, -0.05) is 20.8 Å². The second kappa shape index (κ2) is 9.23. The molecule has 0 aliphatic carbocycles. The van der Waals surface area contributed by atoms with Gasteiger partial charge in [0, 0.05) is 23.9 Å². The third kappa shape index (κ3) is 6.03. The number of hydrogen-bond donors (Lipinski definition) is 2. The quantitative estimate of drug-likeness (QED) is 0.528. The average Bonchev–Trinajstić information content (AvgIpc) is 2.71. The van der Waals surface area contributed by atoms with Crippen LogP contribution in [-0.2, 0) is 25.5 Å². The number of pyridine rings is 1. The van der Waals surface area contributed by atoms with Crippen LogP contribution in [0, 0.1) is 5.41 Å². The minimum Gasteiger partial charge on any atom is -0.460 e. The van der Waals surface area contributed by atoms with Gasteiger partial charge < -0.3 is 14.4 Å². The Balaban J connectivity index is 1.95. The van der Waals surface area contributed by atoms with E-state index in [4.69, 9.17) is 9.47 Å². The predicted molar refractivity (Wildman–Crippen MR) is 121 cm³/mol. The van der Waals surface area contributed by atoms with Crippen molar-refractivity contribution < 1.29 is 19.1 Å². The number of nitrogens with zero attached hydrogens (tertiary/aromatic N) is 4. The van der Waals surface area contributed by atoms with Crippen LogP contribution in [0.3, 0.4) is 0 Å². The first-order chi connectivity index (χ1) is 14.9. The summed E-state index contributed by atoms with van der Waals surface area (Å²) >= 11 is 0. The molecule has 10 nitrogen and oxygen atoms in total. The number of amides is 1. The lowest BCUT2D eigenvalue weighted by Crippen LogP contribution is -2.39. The van der Waals surface area contributed by atoms with E-state index in [-0.39, 0.29) is 12.3 Å². The minimum atomic E-state index is -0.601. The van der Waals surface area contributed by atoms with Crippen molar-refractivity contribution >= 4 is 34.3 Å². The van der Waals surface area contributed by atoms with Crippen LogP contribution < -0.4 is 15.8 Å². The Morgan fingerprint density at radius 1 is 1.12 bits per heavy atom. The van der Waals surface area contributed by atoms with Crippen molar-refractivity contribution in [2.75, 3.05) is 36.6 Å². The molecule has 0 unspecified atom stereocenters. The average molecular weight is 445 g/mol. The molecule has 174 valence electrons. The second-order valence-electron chi connectivity index (χ2n) is 9.78. The third-order valence-electron chi connectivity index (χ3n) is 4.76. The smallest absolute Gasteiger partial charge is 0.312 e. The van der Waals surface area contributed by atoms with Crippen molar-refractivity contribution in [1.82, 2.24) is 20.6 Å². The van der Waals surface area contributed by atoms with E-state index in [0.717, 1.165) is 18.8 Å². The van der Waals surface area contributed by atoms with Crippen molar-refractivity contribution in [3.8, 4) is 0 Å². The summed E-state index contributed by atoms with van der Waals surface area (Å²) in [5, 5.41) is 9.10.